The Hall–Kier alpha value is -0.730. The quantitative estimate of drug-likeness (QED) is 0.767. The summed E-state index contributed by atoms with van der Waals surface area (Å²) < 4.78 is 5.08. The second kappa shape index (κ2) is 3.78. The molecule has 0 aliphatic heterocycles. The molecule has 1 rings (SSSR count). The van der Waals surface area contributed by atoms with Gasteiger partial charge in [0.1, 0.15) is 5.75 Å². The standard InChI is InChI=1S/C9H11ClO2/c1-6-7(5-11)3-4-8(10)9(6)12-2/h3-4,11H,5H2,1-2H3. The number of hydrogen-bond donors (Lipinski definition) is 1. The van der Waals surface area contributed by atoms with E-state index in [0.717, 1.165) is 11.1 Å². The van der Waals surface area contributed by atoms with Crippen LogP contribution in [0.3, 0.4) is 0 Å². The average molecular weight is 187 g/mol. The number of hydrogen-bond acceptors (Lipinski definition) is 2. The van der Waals surface area contributed by atoms with Crippen LogP contribution in [0, 0.1) is 6.92 Å². The molecule has 1 N–H and O–H groups in total. The lowest BCUT2D eigenvalue weighted by atomic mass is 10.1. The fraction of sp³-hybridized carbons (Fsp3) is 0.333. The highest BCUT2D eigenvalue weighted by Crippen LogP contribution is 2.30. The molecule has 0 atom stereocenters. The molecule has 1 aromatic rings. The molecule has 0 heterocycles. The summed E-state index contributed by atoms with van der Waals surface area (Å²) in [7, 11) is 1.56. The molecule has 12 heavy (non-hydrogen) atoms. The van der Waals surface area contributed by atoms with Gasteiger partial charge < -0.3 is 9.84 Å². The lowest BCUT2D eigenvalue weighted by Gasteiger charge is -2.09. The largest absolute Gasteiger partial charge is 0.495 e. The highest BCUT2D eigenvalue weighted by atomic mass is 35.5. The second-order valence-electron chi connectivity index (χ2n) is 2.52. The first-order valence-corrected chi connectivity index (χ1v) is 4.01. The molecule has 0 saturated carbocycles. The monoisotopic (exact) mass is 186 g/mol. The third-order valence-corrected chi connectivity index (χ3v) is 2.14. The van der Waals surface area contributed by atoms with E-state index >= 15 is 0 Å². The van der Waals surface area contributed by atoms with E-state index in [9.17, 15) is 0 Å². The molecular weight excluding hydrogens is 176 g/mol. The van der Waals surface area contributed by atoms with Crippen LogP contribution < -0.4 is 4.74 Å². The predicted molar refractivity (Wildman–Crippen MR) is 48.7 cm³/mol. The lowest BCUT2D eigenvalue weighted by Crippen LogP contribution is -1.94. The smallest absolute Gasteiger partial charge is 0.140 e. The molecule has 0 radical (unpaired) electrons. The second-order valence-corrected chi connectivity index (χ2v) is 2.93. The van der Waals surface area contributed by atoms with Crippen molar-refractivity contribution < 1.29 is 9.84 Å². The molecule has 0 bridgehead atoms. The number of rotatable bonds is 2. The first-order chi connectivity index (χ1) is 5.70. The van der Waals surface area contributed by atoms with Crippen molar-refractivity contribution in [2.45, 2.75) is 13.5 Å². The number of ether oxygens (including phenoxy) is 1. The van der Waals surface area contributed by atoms with E-state index in [1.165, 1.54) is 0 Å². The van der Waals surface area contributed by atoms with Crippen LogP contribution in [0.25, 0.3) is 0 Å². The Labute approximate surface area is 76.7 Å². The lowest BCUT2D eigenvalue weighted by molar-refractivity contribution is 0.280. The molecule has 2 nitrogen and oxygen atoms in total. The van der Waals surface area contributed by atoms with Gasteiger partial charge in [0.05, 0.1) is 18.7 Å². The van der Waals surface area contributed by atoms with E-state index < -0.39 is 0 Å². The van der Waals surface area contributed by atoms with E-state index in [1.807, 2.05) is 6.92 Å². The summed E-state index contributed by atoms with van der Waals surface area (Å²) in [5, 5.41) is 9.51. The summed E-state index contributed by atoms with van der Waals surface area (Å²) in [6.07, 6.45) is 0. The zero-order valence-corrected chi connectivity index (χ0v) is 7.85. The minimum absolute atomic E-state index is 0.0133. The Morgan fingerprint density at radius 3 is 2.67 bits per heavy atom. The van der Waals surface area contributed by atoms with Crippen molar-refractivity contribution in [1.29, 1.82) is 0 Å². The molecule has 0 aliphatic carbocycles. The van der Waals surface area contributed by atoms with E-state index in [0.29, 0.717) is 10.8 Å². The fourth-order valence-electron chi connectivity index (χ4n) is 1.12. The minimum atomic E-state index is 0.0133. The summed E-state index contributed by atoms with van der Waals surface area (Å²) in [6.45, 7) is 1.88. The first-order valence-electron chi connectivity index (χ1n) is 3.63. The van der Waals surface area contributed by atoms with E-state index in [4.69, 9.17) is 21.4 Å². The van der Waals surface area contributed by atoms with Crippen molar-refractivity contribution in [2.24, 2.45) is 0 Å². The van der Waals surface area contributed by atoms with E-state index in [1.54, 1.807) is 19.2 Å². The van der Waals surface area contributed by atoms with Crippen LogP contribution in [0.1, 0.15) is 11.1 Å². The molecular formula is C9H11ClO2. The summed E-state index contributed by atoms with van der Waals surface area (Å²) in [6, 6.07) is 3.51. The molecule has 0 aromatic heterocycles. The average Bonchev–Trinajstić information content (AvgIpc) is 2.06. The Morgan fingerprint density at radius 1 is 1.50 bits per heavy atom. The van der Waals surface area contributed by atoms with Crippen LogP contribution in [0.5, 0.6) is 5.75 Å². The third kappa shape index (κ3) is 1.54. The molecule has 0 unspecified atom stereocenters. The van der Waals surface area contributed by atoms with Gasteiger partial charge in [0.2, 0.25) is 0 Å². The van der Waals surface area contributed by atoms with E-state index in [-0.39, 0.29) is 6.61 Å². The zero-order valence-electron chi connectivity index (χ0n) is 7.10. The first kappa shape index (κ1) is 9.36. The maximum absolute atomic E-state index is 8.93. The van der Waals surface area contributed by atoms with Crippen LogP contribution in [-0.4, -0.2) is 12.2 Å². The van der Waals surface area contributed by atoms with Gasteiger partial charge in [-0.15, -0.1) is 0 Å². The number of aliphatic hydroxyl groups is 1. The van der Waals surface area contributed by atoms with Crippen LogP contribution in [0.2, 0.25) is 5.02 Å². The summed E-state index contributed by atoms with van der Waals surface area (Å²) in [5.74, 6) is 0.642. The van der Waals surface area contributed by atoms with Gasteiger partial charge in [-0.25, -0.2) is 0 Å². The van der Waals surface area contributed by atoms with Gasteiger partial charge in [-0.3, -0.25) is 0 Å². The molecule has 0 aliphatic rings. The maximum Gasteiger partial charge on any atom is 0.140 e. The highest BCUT2D eigenvalue weighted by molar-refractivity contribution is 6.32. The van der Waals surface area contributed by atoms with Gasteiger partial charge in [0, 0.05) is 0 Å². The molecule has 0 amide bonds. The third-order valence-electron chi connectivity index (χ3n) is 1.84. The van der Waals surface area contributed by atoms with Crippen molar-refractivity contribution >= 4 is 11.6 Å². The van der Waals surface area contributed by atoms with Crippen LogP contribution in [-0.2, 0) is 6.61 Å². The zero-order chi connectivity index (χ0) is 9.14. The number of benzene rings is 1. The molecule has 0 spiro atoms. The molecule has 0 fully saturated rings. The van der Waals surface area contributed by atoms with Gasteiger partial charge in [0.25, 0.3) is 0 Å². The van der Waals surface area contributed by atoms with Gasteiger partial charge in [-0.05, 0) is 24.1 Å². The summed E-state index contributed by atoms with van der Waals surface area (Å²) in [4.78, 5) is 0. The molecule has 66 valence electrons. The minimum Gasteiger partial charge on any atom is -0.495 e. The van der Waals surface area contributed by atoms with Crippen LogP contribution in [0.15, 0.2) is 12.1 Å². The summed E-state index contributed by atoms with van der Waals surface area (Å²) in [5.41, 5.74) is 1.74. The van der Waals surface area contributed by atoms with Crippen molar-refractivity contribution in [1.82, 2.24) is 0 Å². The predicted octanol–water partition coefficient (Wildman–Crippen LogP) is 2.15. The Balaban J connectivity index is 3.24. The highest BCUT2D eigenvalue weighted by Gasteiger charge is 2.07. The van der Waals surface area contributed by atoms with Gasteiger partial charge in [0.15, 0.2) is 0 Å². The number of halogens is 1. The van der Waals surface area contributed by atoms with Crippen LogP contribution >= 0.6 is 11.6 Å². The van der Waals surface area contributed by atoms with Gasteiger partial charge >= 0.3 is 0 Å². The Kier molecular flexibility index (Phi) is 2.95. The Morgan fingerprint density at radius 2 is 2.17 bits per heavy atom. The SMILES string of the molecule is COc1c(Cl)ccc(CO)c1C. The van der Waals surface area contributed by atoms with Crippen molar-refractivity contribution in [3.05, 3.63) is 28.3 Å². The fourth-order valence-corrected chi connectivity index (χ4v) is 1.40. The van der Waals surface area contributed by atoms with Gasteiger partial charge in [-0.2, -0.15) is 0 Å². The van der Waals surface area contributed by atoms with E-state index in [2.05, 4.69) is 0 Å². The number of methoxy groups -OCH3 is 1. The van der Waals surface area contributed by atoms with Crippen molar-refractivity contribution in [3.8, 4) is 5.75 Å². The van der Waals surface area contributed by atoms with Crippen LogP contribution in [0.4, 0.5) is 0 Å². The maximum atomic E-state index is 8.93. The Bertz CT molecular complexity index is 284. The molecule has 1 aromatic carbocycles. The topological polar surface area (TPSA) is 29.5 Å². The van der Waals surface area contributed by atoms with Crippen molar-refractivity contribution in [2.75, 3.05) is 7.11 Å². The summed E-state index contributed by atoms with van der Waals surface area (Å²) >= 11 is 5.85. The normalized spacial score (nSPS) is 10.0. The molecule has 0 saturated heterocycles. The molecule has 3 heteroatoms. The number of aliphatic hydroxyl groups excluding tert-OH is 1. The van der Waals surface area contributed by atoms with Crippen molar-refractivity contribution in [3.63, 3.8) is 0 Å². The van der Waals surface area contributed by atoms with Gasteiger partial charge in [-0.1, -0.05) is 17.7 Å².